The van der Waals surface area contributed by atoms with E-state index in [2.05, 4.69) is 24.1 Å². The first kappa shape index (κ1) is 19.3. The number of nitrogens with two attached hydrogens (primary N) is 1. The minimum atomic E-state index is -0.251. The van der Waals surface area contributed by atoms with E-state index in [1.807, 2.05) is 12.1 Å². The summed E-state index contributed by atoms with van der Waals surface area (Å²) in [7, 11) is 0. The topological polar surface area (TPSA) is 68.0 Å². The molecule has 1 heterocycles. The van der Waals surface area contributed by atoms with Crippen molar-refractivity contribution < 1.29 is 4.79 Å². The zero-order valence-corrected chi connectivity index (χ0v) is 15.3. The summed E-state index contributed by atoms with van der Waals surface area (Å²) >= 11 is 9.07. The molecule has 0 saturated carbocycles. The third-order valence-electron chi connectivity index (χ3n) is 2.51. The third-order valence-corrected chi connectivity index (χ3v) is 4.70. The van der Waals surface area contributed by atoms with Gasteiger partial charge >= 0.3 is 0 Å². The third kappa shape index (κ3) is 5.14. The van der Waals surface area contributed by atoms with Crippen LogP contribution in [0.5, 0.6) is 0 Å². The number of nitrogens with zero attached hydrogens (tertiary/aromatic N) is 1. The van der Waals surface area contributed by atoms with Gasteiger partial charge in [0.15, 0.2) is 0 Å². The van der Waals surface area contributed by atoms with Crippen LogP contribution in [0, 0.1) is 0 Å². The molecule has 1 aromatic heterocycles. The lowest BCUT2D eigenvalue weighted by Gasteiger charge is -2.12. The van der Waals surface area contributed by atoms with Crippen molar-refractivity contribution in [3.8, 4) is 0 Å². The zero-order valence-electron chi connectivity index (χ0n) is 12.1. The molecule has 0 aliphatic carbocycles. The summed E-state index contributed by atoms with van der Waals surface area (Å²) in [4.78, 5) is 17.4. The highest BCUT2D eigenvalue weighted by Crippen LogP contribution is 2.32. The van der Waals surface area contributed by atoms with Gasteiger partial charge in [-0.3, -0.25) is 4.79 Å². The minimum Gasteiger partial charge on any atom is -0.325 e. The van der Waals surface area contributed by atoms with Crippen LogP contribution in [0.4, 0.5) is 5.69 Å². The summed E-state index contributed by atoms with van der Waals surface area (Å²) in [5.74, 6) is -0.251. The van der Waals surface area contributed by atoms with Crippen LogP contribution >= 0.6 is 47.1 Å². The number of hydrogen-bond acceptors (Lipinski definition) is 5. The molecule has 0 fully saturated rings. The van der Waals surface area contributed by atoms with Crippen molar-refractivity contribution in [2.75, 3.05) is 5.32 Å². The number of thioether (sulfide) groups is 1. The molecule has 0 atom stereocenters. The van der Waals surface area contributed by atoms with Gasteiger partial charge in [-0.1, -0.05) is 25.4 Å². The Bertz CT molecular complexity index is 647. The molecule has 0 bridgehead atoms. The standard InChI is InChI=1S/C14H16ClN3OS2.ClH/c1-8(2)21-12-4-3-9(15)5-10(12)18-14(19)11-7-20-13(6-16)17-11;/h3-5,7-8H,6,16H2,1-2H3,(H,18,19);1H. The highest BCUT2D eigenvalue weighted by Gasteiger charge is 2.14. The second-order valence-electron chi connectivity index (χ2n) is 4.59. The second kappa shape index (κ2) is 8.74. The molecule has 22 heavy (non-hydrogen) atoms. The molecule has 2 aromatic rings. The number of thiazole rings is 1. The maximum absolute atomic E-state index is 12.2. The van der Waals surface area contributed by atoms with Gasteiger partial charge in [-0.05, 0) is 18.2 Å². The molecule has 2 rings (SSSR count). The van der Waals surface area contributed by atoms with Crippen LogP contribution in [0.3, 0.4) is 0 Å². The van der Waals surface area contributed by atoms with Gasteiger partial charge in [0.05, 0.1) is 5.69 Å². The van der Waals surface area contributed by atoms with Crippen molar-refractivity contribution in [1.82, 2.24) is 4.98 Å². The van der Waals surface area contributed by atoms with E-state index in [1.165, 1.54) is 11.3 Å². The number of carbonyl (C=O) groups excluding carboxylic acids is 1. The lowest BCUT2D eigenvalue weighted by molar-refractivity contribution is 0.102. The van der Waals surface area contributed by atoms with Gasteiger partial charge in [0.1, 0.15) is 10.7 Å². The van der Waals surface area contributed by atoms with Gasteiger partial charge < -0.3 is 11.1 Å². The largest absolute Gasteiger partial charge is 0.325 e. The molecular formula is C14H17Cl2N3OS2. The maximum atomic E-state index is 12.2. The SMILES string of the molecule is CC(C)Sc1ccc(Cl)cc1NC(=O)c1csc(CN)n1.Cl. The number of hydrogen-bond donors (Lipinski definition) is 2. The maximum Gasteiger partial charge on any atom is 0.275 e. The van der Waals surface area contributed by atoms with Crippen molar-refractivity contribution >= 4 is 58.7 Å². The van der Waals surface area contributed by atoms with Crippen molar-refractivity contribution in [1.29, 1.82) is 0 Å². The molecule has 0 aliphatic heterocycles. The number of carbonyl (C=O) groups is 1. The summed E-state index contributed by atoms with van der Waals surface area (Å²) in [5.41, 5.74) is 6.59. The number of benzene rings is 1. The Hall–Kier alpha value is -0.790. The molecule has 0 unspecified atom stereocenters. The van der Waals surface area contributed by atoms with Crippen LogP contribution < -0.4 is 11.1 Å². The van der Waals surface area contributed by atoms with Crippen LogP contribution in [-0.4, -0.2) is 16.1 Å². The summed E-state index contributed by atoms with van der Waals surface area (Å²) in [5, 5.41) is 6.30. The number of nitrogens with one attached hydrogen (secondary N) is 1. The molecule has 120 valence electrons. The second-order valence-corrected chi connectivity index (χ2v) is 7.59. The molecular weight excluding hydrogens is 361 g/mol. The van der Waals surface area contributed by atoms with E-state index in [0.717, 1.165) is 9.90 Å². The van der Waals surface area contributed by atoms with Gasteiger partial charge in [-0.2, -0.15) is 0 Å². The Kier molecular flexibility index (Phi) is 7.65. The monoisotopic (exact) mass is 377 g/mol. The first-order chi connectivity index (χ1) is 9.99. The number of anilines is 1. The van der Waals surface area contributed by atoms with E-state index in [1.54, 1.807) is 23.2 Å². The van der Waals surface area contributed by atoms with Crippen LogP contribution in [-0.2, 0) is 6.54 Å². The van der Waals surface area contributed by atoms with Crippen molar-refractivity contribution in [3.05, 3.63) is 39.3 Å². The number of amides is 1. The van der Waals surface area contributed by atoms with E-state index in [-0.39, 0.29) is 18.3 Å². The Balaban J connectivity index is 0.00000242. The highest BCUT2D eigenvalue weighted by atomic mass is 35.5. The summed E-state index contributed by atoms with van der Waals surface area (Å²) in [6, 6.07) is 5.48. The van der Waals surface area contributed by atoms with Crippen LogP contribution in [0.2, 0.25) is 5.02 Å². The smallest absolute Gasteiger partial charge is 0.275 e. The van der Waals surface area contributed by atoms with Crippen molar-refractivity contribution in [3.63, 3.8) is 0 Å². The molecule has 1 aromatic carbocycles. The summed E-state index contributed by atoms with van der Waals surface area (Å²) in [6.07, 6.45) is 0. The van der Waals surface area contributed by atoms with Crippen LogP contribution in [0.15, 0.2) is 28.5 Å². The Labute approximate surface area is 149 Å². The molecule has 0 radical (unpaired) electrons. The summed E-state index contributed by atoms with van der Waals surface area (Å²) < 4.78 is 0. The van der Waals surface area contributed by atoms with Crippen molar-refractivity contribution in [2.24, 2.45) is 5.73 Å². The molecule has 8 heteroatoms. The number of aromatic nitrogens is 1. The van der Waals surface area contributed by atoms with Crippen molar-refractivity contribution in [2.45, 2.75) is 30.5 Å². The fourth-order valence-electron chi connectivity index (χ4n) is 1.65. The highest BCUT2D eigenvalue weighted by molar-refractivity contribution is 8.00. The Morgan fingerprint density at radius 1 is 1.50 bits per heavy atom. The number of rotatable bonds is 5. The van der Waals surface area contributed by atoms with E-state index < -0.39 is 0 Å². The van der Waals surface area contributed by atoms with Gasteiger partial charge in [0.25, 0.3) is 5.91 Å². The quantitative estimate of drug-likeness (QED) is 0.756. The zero-order chi connectivity index (χ0) is 15.4. The molecule has 0 spiro atoms. The average molecular weight is 378 g/mol. The fraction of sp³-hybridized carbons (Fsp3) is 0.286. The molecule has 0 aliphatic rings. The lowest BCUT2D eigenvalue weighted by Crippen LogP contribution is -2.13. The van der Waals surface area contributed by atoms with E-state index in [0.29, 0.717) is 28.2 Å². The first-order valence-electron chi connectivity index (χ1n) is 6.41. The fourth-order valence-corrected chi connectivity index (χ4v) is 3.37. The Morgan fingerprint density at radius 2 is 2.23 bits per heavy atom. The first-order valence-corrected chi connectivity index (χ1v) is 8.55. The summed E-state index contributed by atoms with van der Waals surface area (Å²) in [6.45, 7) is 4.53. The predicted octanol–water partition coefficient (Wildman–Crippen LogP) is 4.43. The Morgan fingerprint density at radius 3 is 2.82 bits per heavy atom. The van der Waals surface area contributed by atoms with E-state index in [9.17, 15) is 4.79 Å². The normalized spacial score (nSPS) is 10.4. The lowest BCUT2D eigenvalue weighted by atomic mass is 10.3. The number of halogens is 2. The molecule has 1 amide bonds. The van der Waals surface area contributed by atoms with E-state index >= 15 is 0 Å². The minimum absolute atomic E-state index is 0. The van der Waals surface area contributed by atoms with E-state index in [4.69, 9.17) is 17.3 Å². The molecule has 4 nitrogen and oxygen atoms in total. The molecule has 3 N–H and O–H groups in total. The van der Waals surface area contributed by atoms with Gasteiger partial charge in [0, 0.05) is 27.1 Å². The average Bonchev–Trinajstić information content (AvgIpc) is 2.90. The molecule has 0 saturated heterocycles. The van der Waals surface area contributed by atoms with Crippen LogP contribution in [0.1, 0.15) is 29.3 Å². The van der Waals surface area contributed by atoms with Gasteiger partial charge in [-0.15, -0.1) is 35.5 Å². The predicted molar refractivity (Wildman–Crippen MR) is 97.7 cm³/mol. The van der Waals surface area contributed by atoms with Gasteiger partial charge in [0.2, 0.25) is 0 Å². The van der Waals surface area contributed by atoms with Crippen LogP contribution in [0.25, 0.3) is 0 Å². The van der Waals surface area contributed by atoms with Gasteiger partial charge in [-0.25, -0.2) is 4.98 Å².